The highest BCUT2D eigenvalue weighted by atomic mass is 79.9. The first-order chi connectivity index (χ1) is 14.1. The average molecular weight is 520 g/mol. The number of thiocarbonyl (C=S) groups is 1. The molecule has 0 spiro atoms. The predicted octanol–water partition coefficient (Wildman–Crippen LogP) is 5.36. The van der Waals surface area contributed by atoms with Gasteiger partial charge in [-0.3, -0.25) is 14.9 Å². The van der Waals surface area contributed by atoms with Crippen LogP contribution in [0.3, 0.4) is 0 Å². The standard InChI is InChI=1S/C17H9BrF3N3O4S2/c18-11-5-9(7-22-23-15(25)8-30-16(23)29)1-3-13(11)28-14-4-2-10(17(19,20)21)6-12(14)24(26)27/h1-7H,8H2/b22-7+. The molecule has 3 rings (SSSR count). The number of benzene rings is 2. The van der Waals surface area contributed by atoms with Crippen LogP contribution < -0.4 is 4.74 Å². The first kappa shape index (κ1) is 22.2. The van der Waals surface area contributed by atoms with E-state index in [0.29, 0.717) is 26.5 Å². The summed E-state index contributed by atoms with van der Waals surface area (Å²) in [6.45, 7) is 0. The van der Waals surface area contributed by atoms with Gasteiger partial charge in [-0.15, -0.1) is 0 Å². The molecule has 0 aliphatic carbocycles. The van der Waals surface area contributed by atoms with Crippen LogP contribution in [0.15, 0.2) is 46.0 Å². The fourth-order valence-corrected chi connectivity index (χ4v) is 3.75. The minimum Gasteiger partial charge on any atom is -0.449 e. The van der Waals surface area contributed by atoms with Gasteiger partial charge in [0.25, 0.3) is 5.91 Å². The lowest BCUT2D eigenvalue weighted by molar-refractivity contribution is -0.385. The smallest absolute Gasteiger partial charge is 0.416 e. The lowest BCUT2D eigenvalue weighted by Gasteiger charge is -2.11. The number of rotatable bonds is 5. The Hall–Kier alpha value is -2.51. The fourth-order valence-electron chi connectivity index (χ4n) is 2.30. The Bertz CT molecular complexity index is 1060. The largest absolute Gasteiger partial charge is 0.449 e. The maximum absolute atomic E-state index is 12.8. The molecule has 0 radical (unpaired) electrons. The Morgan fingerprint density at radius 3 is 2.53 bits per heavy atom. The zero-order valence-corrected chi connectivity index (χ0v) is 17.8. The van der Waals surface area contributed by atoms with Crippen LogP contribution >= 0.6 is 39.9 Å². The van der Waals surface area contributed by atoms with E-state index in [1.165, 1.54) is 24.0 Å². The SMILES string of the molecule is O=C1CSC(=S)N1/N=C/c1ccc(Oc2ccc(C(F)(F)F)cc2[N+](=O)[O-])c(Br)c1. The van der Waals surface area contributed by atoms with Crippen molar-refractivity contribution in [2.75, 3.05) is 5.75 Å². The molecule has 0 saturated carbocycles. The minimum absolute atomic E-state index is 0.137. The Labute approximate surface area is 185 Å². The van der Waals surface area contributed by atoms with Crippen molar-refractivity contribution < 1.29 is 27.6 Å². The van der Waals surface area contributed by atoms with Crippen molar-refractivity contribution in [3.05, 3.63) is 62.1 Å². The van der Waals surface area contributed by atoms with E-state index >= 15 is 0 Å². The molecular weight excluding hydrogens is 511 g/mol. The molecule has 1 heterocycles. The molecule has 0 bridgehead atoms. The summed E-state index contributed by atoms with van der Waals surface area (Å²) >= 11 is 9.46. The number of nitro benzene ring substituents is 1. The van der Waals surface area contributed by atoms with Gasteiger partial charge in [-0.25, -0.2) is 0 Å². The van der Waals surface area contributed by atoms with Crippen molar-refractivity contribution in [1.29, 1.82) is 0 Å². The highest BCUT2D eigenvalue weighted by Crippen LogP contribution is 2.39. The quantitative estimate of drug-likeness (QED) is 0.228. The molecule has 1 amide bonds. The third-order valence-electron chi connectivity index (χ3n) is 3.71. The highest BCUT2D eigenvalue weighted by molar-refractivity contribution is 9.10. The molecule has 2 aromatic carbocycles. The number of carbonyl (C=O) groups excluding carboxylic acids is 1. The van der Waals surface area contributed by atoms with Crippen LogP contribution in [0.25, 0.3) is 0 Å². The molecule has 13 heteroatoms. The third-order valence-corrected chi connectivity index (χ3v) is 5.67. The van der Waals surface area contributed by atoms with Crippen LogP contribution in [0, 0.1) is 10.1 Å². The summed E-state index contributed by atoms with van der Waals surface area (Å²) in [5, 5.41) is 16.3. The van der Waals surface area contributed by atoms with Crippen molar-refractivity contribution in [3.8, 4) is 11.5 Å². The van der Waals surface area contributed by atoms with Crippen LogP contribution in [0.5, 0.6) is 11.5 Å². The lowest BCUT2D eigenvalue weighted by Crippen LogP contribution is -2.22. The number of carbonyl (C=O) groups is 1. The van der Waals surface area contributed by atoms with E-state index in [-0.39, 0.29) is 23.2 Å². The lowest BCUT2D eigenvalue weighted by atomic mass is 10.2. The Morgan fingerprint density at radius 1 is 1.27 bits per heavy atom. The van der Waals surface area contributed by atoms with Gasteiger partial charge >= 0.3 is 11.9 Å². The van der Waals surface area contributed by atoms with E-state index in [2.05, 4.69) is 21.0 Å². The van der Waals surface area contributed by atoms with E-state index in [1.807, 2.05) is 0 Å². The first-order valence-corrected chi connectivity index (χ1v) is 10.1. The van der Waals surface area contributed by atoms with Gasteiger partial charge in [0.2, 0.25) is 5.75 Å². The minimum atomic E-state index is -4.72. The van der Waals surface area contributed by atoms with E-state index in [1.54, 1.807) is 12.1 Å². The number of hydrazone groups is 1. The topological polar surface area (TPSA) is 85.0 Å². The molecular formula is C17H9BrF3N3O4S2. The maximum Gasteiger partial charge on any atom is 0.416 e. The molecule has 1 aliphatic rings. The Morgan fingerprint density at radius 2 is 1.97 bits per heavy atom. The van der Waals surface area contributed by atoms with Gasteiger partial charge in [0.1, 0.15) is 5.75 Å². The summed E-state index contributed by atoms with van der Waals surface area (Å²) in [5.41, 5.74) is -1.41. The zero-order valence-electron chi connectivity index (χ0n) is 14.6. The van der Waals surface area contributed by atoms with Crippen LogP contribution in [0.4, 0.5) is 18.9 Å². The van der Waals surface area contributed by atoms with Gasteiger partial charge < -0.3 is 4.74 Å². The summed E-state index contributed by atoms with van der Waals surface area (Å²) in [4.78, 5) is 21.9. The Kier molecular flexibility index (Phi) is 6.43. The van der Waals surface area contributed by atoms with Gasteiger partial charge in [-0.05, 0) is 51.8 Å². The van der Waals surface area contributed by atoms with Gasteiger partial charge in [0.05, 0.1) is 26.9 Å². The monoisotopic (exact) mass is 519 g/mol. The predicted molar refractivity (Wildman–Crippen MR) is 112 cm³/mol. The van der Waals surface area contributed by atoms with Crippen LogP contribution in [0.1, 0.15) is 11.1 Å². The number of nitro groups is 1. The number of hydrogen-bond acceptors (Lipinski definition) is 7. The van der Waals surface area contributed by atoms with Crippen LogP contribution in [-0.2, 0) is 11.0 Å². The van der Waals surface area contributed by atoms with E-state index in [4.69, 9.17) is 17.0 Å². The summed E-state index contributed by atoms with van der Waals surface area (Å²) < 4.78 is 44.6. The first-order valence-electron chi connectivity index (χ1n) is 7.93. The van der Waals surface area contributed by atoms with Gasteiger partial charge in [0.15, 0.2) is 4.32 Å². The number of ether oxygens (including phenoxy) is 1. The summed E-state index contributed by atoms with van der Waals surface area (Å²) in [7, 11) is 0. The van der Waals surface area contributed by atoms with Crippen molar-refractivity contribution in [3.63, 3.8) is 0 Å². The maximum atomic E-state index is 12.8. The molecule has 0 atom stereocenters. The fraction of sp³-hybridized carbons (Fsp3) is 0.118. The summed E-state index contributed by atoms with van der Waals surface area (Å²) in [6.07, 6.45) is -3.33. The number of alkyl halides is 3. The second-order valence-corrected chi connectivity index (χ2v) is 8.20. The highest BCUT2D eigenvalue weighted by Gasteiger charge is 2.33. The molecule has 30 heavy (non-hydrogen) atoms. The molecule has 0 N–H and O–H groups in total. The number of amides is 1. The van der Waals surface area contributed by atoms with E-state index < -0.39 is 22.4 Å². The van der Waals surface area contributed by atoms with Gasteiger partial charge in [0, 0.05) is 6.07 Å². The van der Waals surface area contributed by atoms with Crippen molar-refractivity contribution in [2.24, 2.45) is 5.10 Å². The summed E-state index contributed by atoms with van der Waals surface area (Å²) in [6, 6.07) is 6.57. The number of nitrogens with zero attached hydrogens (tertiary/aromatic N) is 3. The van der Waals surface area contributed by atoms with Crippen molar-refractivity contribution >= 4 is 62.0 Å². The second-order valence-electron chi connectivity index (χ2n) is 5.73. The number of hydrogen-bond donors (Lipinski definition) is 0. The number of thioether (sulfide) groups is 1. The molecule has 0 unspecified atom stereocenters. The van der Waals surface area contributed by atoms with Crippen LogP contribution in [0.2, 0.25) is 0 Å². The molecule has 7 nitrogen and oxygen atoms in total. The van der Waals surface area contributed by atoms with E-state index in [9.17, 15) is 28.1 Å². The molecule has 1 fully saturated rings. The van der Waals surface area contributed by atoms with Crippen molar-refractivity contribution in [1.82, 2.24) is 5.01 Å². The van der Waals surface area contributed by atoms with Gasteiger partial charge in [-0.1, -0.05) is 24.0 Å². The van der Waals surface area contributed by atoms with E-state index in [0.717, 1.165) is 11.1 Å². The molecule has 1 aliphatic heterocycles. The summed E-state index contributed by atoms with van der Waals surface area (Å²) in [5.74, 6) is -0.230. The number of halogens is 4. The molecule has 2 aromatic rings. The average Bonchev–Trinajstić information content (AvgIpc) is 2.99. The third kappa shape index (κ3) is 4.96. The second kappa shape index (κ2) is 8.70. The van der Waals surface area contributed by atoms with Crippen LogP contribution in [-0.4, -0.2) is 32.1 Å². The zero-order chi connectivity index (χ0) is 22.1. The normalized spacial score (nSPS) is 14.6. The molecule has 1 saturated heterocycles. The Balaban J connectivity index is 1.83. The molecule has 0 aromatic heterocycles. The van der Waals surface area contributed by atoms with Crippen molar-refractivity contribution in [2.45, 2.75) is 6.18 Å². The van der Waals surface area contributed by atoms with Gasteiger partial charge in [-0.2, -0.15) is 23.3 Å². The molecule has 156 valence electrons.